The molecule has 1 heterocycles. The molecule has 152 valence electrons. The van der Waals surface area contributed by atoms with E-state index < -0.39 is 11.6 Å². The number of hydrogen-bond donors (Lipinski definition) is 2. The maximum absolute atomic E-state index is 13.9. The van der Waals surface area contributed by atoms with Crippen LogP contribution < -0.4 is 15.4 Å². The Morgan fingerprint density at radius 2 is 2.07 bits per heavy atom. The molecule has 0 radical (unpaired) electrons. The van der Waals surface area contributed by atoms with Crippen LogP contribution in [0.4, 0.5) is 8.78 Å². The lowest BCUT2D eigenvalue weighted by atomic mass is 10.1. The van der Waals surface area contributed by atoms with Gasteiger partial charge in [-0.05, 0) is 43.4 Å². The van der Waals surface area contributed by atoms with E-state index in [1.165, 1.54) is 25.0 Å². The van der Waals surface area contributed by atoms with Gasteiger partial charge in [-0.1, -0.05) is 6.07 Å². The third-order valence-electron chi connectivity index (χ3n) is 4.43. The topological polar surface area (TPSA) is 58.5 Å². The molecule has 1 fully saturated rings. The molecule has 0 amide bonds. The molecular weight excluding hydrogens is 477 g/mol. The highest BCUT2D eigenvalue weighted by Crippen LogP contribution is 2.29. The summed E-state index contributed by atoms with van der Waals surface area (Å²) >= 11 is 0. The first kappa shape index (κ1) is 22.3. The van der Waals surface area contributed by atoms with Crippen molar-refractivity contribution in [3.8, 4) is 5.88 Å². The molecule has 1 aromatic carbocycles. The van der Waals surface area contributed by atoms with Crippen molar-refractivity contribution < 1.29 is 13.5 Å². The summed E-state index contributed by atoms with van der Waals surface area (Å²) in [5.74, 6) is 0.625. The Kier molecular flexibility index (Phi) is 8.40. The molecule has 0 aliphatic heterocycles. The van der Waals surface area contributed by atoms with E-state index in [1.54, 1.807) is 20.2 Å². The van der Waals surface area contributed by atoms with Gasteiger partial charge in [-0.3, -0.25) is 4.99 Å². The van der Waals surface area contributed by atoms with Crippen molar-refractivity contribution >= 4 is 29.9 Å². The van der Waals surface area contributed by atoms with Crippen LogP contribution in [0.25, 0.3) is 0 Å². The van der Waals surface area contributed by atoms with E-state index in [4.69, 9.17) is 4.74 Å². The summed E-state index contributed by atoms with van der Waals surface area (Å²) in [5.41, 5.74) is 1.37. The lowest BCUT2D eigenvalue weighted by Crippen LogP contribution is -2.38. The number of aromatic nitrogens is 1. The predicted molar refractivity (Wildman–Crippen MR) is 116 cm³/mol. The lowest BCUT2D eigenvalue weighted by Gasteiger charge is -2.19. The molecule has 2 aromatic rings. The molecular formula is C20H25F2IN4O. The average molecular weight is 502 g/mol. The number of nitrogens with one attached hydrogen (secondary N) is 2. The van der Waals surface area contributed by atoms with Gasteiger partial charge in [-0.15, -0.1) is 24.0 Å². The van der Waals surface area contributed by atoms with Crippen LogP contribution in [-0.4, -0.2) is 24.6 Å². The Balaban J connectivity index is 0.00000280. The highest BCUT2D eigenvalue weighted by molar-refractivity contribution is 14.0. The monoisotopic (exact) mass is 502 g/mol. The van der Waals surface area contributed by atoms with Crippen molar-refractivity contribution in [2.75, 3.05) is 13.7 Å². The summed E-state index contributed by atoms with van der Waals surface area (Å²) in [7, 11) is 1.64. The normalized spacial score (nSPS) is 14.8. The molecule has 1 saturated carbocycles. The first-order chi connectivity index (χ1) is 13.0. The van der Waals surface area contributed by atoms with E-state index in [1.807, 2.05) is 12.1 Å². The highest BCUT2D eigenvalue weighted by Gasteiger charge is 2.22. The Morgan fingerprint density at radius 3 is 2.75 bits per heavy atom. The SMILES string of the molecule is CN=C(NCc1ccnc(OCC2CC2)c1)NC(C)c1ccc(F)cc1F.I. The number of benzene rings is 1. The van der Waals surface area contributed by atoms with Crippen molar-refractivity contribution in [1.29, 1.82) is 0 Å². The van der Waals surface area contributed by atoms with E-state index in [0.29, 0.717) is 36.5 Å². The van der Waals surface area contributed by atoms with Crippen LogP contribution in [0.3, 0.4) is 0 Å². The quantitative estimate of drug-likeness (QED) is 0.339. The van der Waals surface area contributed by atoms with Crippen molar-refractivity contribution in [3.05, 3.63) is 59.3 Å². The Bertz CT molecular complexity index is 815. The first-order valence-corrected chi connectivity index (χ1v) is 9.05. The second kappa shape index (κ2) is 10.5. The maximum Gasteiger partial charge on any atom is 0.213 e. The Hall–Kier alpha value is -1.97. The van der Waals surface area contributed by atoms with E-state index in [2.05, 4.69) is 20.6 Å². The second-order valence-electron chi connectivity index (χ2n) is 6.71. The zero-order valence-electron chi connectivity index (χ0n) is 15.9. The van der Waals surface area contributed by atoms with Crippen LogP contribution >= 0.6 is 24.0 Å². The molecule has 3 rings (SSSR count). The van der Waals surface area contributed by atoms with Gasteiger partial charge >= 0.3 is 0 Å². The predicted octanol–water partition coefficient (Wildman–Crippen LogP) is 4.19. The number of nitrogens with zero attached hydrogens (tertiary/aromatic N) is 2. The van der Waals surface area contributed by atoms with Crippen LogP contribution in [0.15, 0.2) is 41.5 Å². The lowest BCUT2D eigenvalue weighted by molar-refractivity contribution is 0.288. The summed E-state index contributed by atoms with van der Waals surface area (Å²) in [6.07, 6.45) is 4.18. The number of aliphatic imine (C=N–C) groups is 1. The fourth-order valence-corrected chi connectivity index (χ4v) is 2.64. The van der Waals surface area contributed by atoms with Gasteiger partial charge in [0.2, 0.25) is 5.88 Å². The summed E-state index contributed by atoms with van der Waals surface area (Å²) in [6, 6.07) is 6.98. The molecule has 1 aromatic heterocycles. The first-order valence-electron chi connectivity index (χ1n) is 9.05. The maximum atomic E-state index is 13.9. The van der Waals surface area contributed by atoms with Crippen molar-refractivity contribution in [2.24, 2.45) is 10.9 Å². The summed E-state index contributed by atoms with van der Waals surface area (Å²) < 4.78 is 32.7. The molecule has 2 N–H and O–H groups in total. The van der Waals surface area contributed by atoms with E-state index in [9.17, 15) is 8.78 Å². The summed E-state index contributed by atoms with van der Waals surface area (Å²) in [6.45, 7) is 3.02. The van der Waals surface area contributed by atoms with Crippen molar-refractivity contribution in [3.63, 3.8) is 0 Å². The van der Waals surface area contributed by atoms with Gasteiger partial charge in [0.05, 0.1) is 12.6 Å². The van der Waals surface area contributed by atoms with Gasteiger partial charge in [0, 0.05) is 37.5 Å². The van der Waals surface area contributed by atoms with Gasteiger partial charge < -0.3 is 15.4 Å². The standard InChI is InChI=1S/C20H24F2N4O.HI/c1-13(17-6-5-16(21)10-18(17)22)26-20(23-2)25-11-15-7-8-24-19(9-15)27-12-14-3-4-14;/h5-10,13-14H,3-4,11-12H2,1-2H3,(H2,23,25,26);1H. The summed E-state index contributed by atoms with van der Waals surface area (Å²) in [5, 5.41) is 6.29. The van der Waals surface area contributed by atoms with Crippen molar-refractivity contribution in [1.82, 2.24) is 15.6 Å². The van der Waals surface area contributed by atoms with Gasteiger partial charge in [0.25, 0.3) is 0 Å². The minimum Gasteiger partial charge on any atom is -0.477 e. The van der Waals surface area contributed by atoms with Crippen LogP contribution in [0.1, 0.15) is 36.9 Å². The molecule has 5 nitrogen and oxygen atoms in total. The van der Waals surface area contributed by atoms with Gasteiger partial charge in [0.15, 0.2) is 5.96 Å². The highest BCUT2D eigenvalue weighted by atomic mass is 127. The van der Waals surface area contributed by atoms with Gasteiger partial charge in [-0.25, -0.2) is 13.8 Å². The molecule has 0 bridgehead atoms. The Morgan fingerprint density at radius 1 is 1.29 bits per heavy atom. The zero-order valence-corrected chi connectivity index (χ0v) is 18.2. The number of pyridine rings is 1. The fraction of sp³-hybridized carbons (Fsp3) is 0.400. The molecule has 1 unspecified atom stereocenters. The van der Waals surface area contributed by atoms with E-state index in [-0.39, 0.29) is 30.0 Å². The molecule has 0 saturated heterocycles. The molecule has 1 aliphatic carbocycles. The van der Waals surface area contributed by atoms with Crippen LogP contribution in [0.5, 0.6) is 5.88 Å². The number of guanidine groups is 1. The molecule has 8 heteroatoms. The minimum absolute atomic E-state index is 0. The molecule has 1 atom stereocenters. The molecule has 28 heavy (non-hydrogen) atoms. The largest absolute Gasteiger partial charge is 0.477 e. The number of hydrogen-bond acceptors (Lipinski definition) is 3. The average Bonchev–Trinajstić information content (AvgIpc) is 3.48. The smallest absolute Gasteiger partial charge is 0.213 e. The van der Waals surface area contributed by atoms with Gasteiger partial charge in [0.1, 0.15) is 11.6 Å². The van der Waals surface area contributed by atoms with E-state index >= 15 is 0 Å². The summed E-state index contributed by atoms with van der Waals surface area (Å²) in [4.78, 5) is 8.38. The molecule has 1 aliphatic rings. The fourth-order valence-electron chi connectivity index (χ4n) is 2.64. The van der Waals surface area contributed by atoms with Crippen LogP contribution in [-0.2, 0) is 6.54 Å². The Labute approximate surface area is 181 Å². The van der Waals surface area contributed by atoms with Crippen LogP contribution in [0, 0.1) is 17.6 Å². The zero-order chi connectivity index (χ0) is 19.2. The third kappa shape index (κ3) is 6.57. The minimum atomic E-state index is -0.594. The number of halogens is 3. The second-order valence-corrected chi connectivity index (χ2v) is 6.71. The molecule has 0 spiro atoms. The van der Waals surface area contributed by atoms with Crippen LogP contribution in [0.2, 0.25) is 0 Å². The number of ether oxygens (including phenoxy) is 1. The third-order valence-corrected chi connectivity index (χ3v) is 4.43. The number of rotatable bonds is 7. The van der Waals surface area contributed by atoms with Crippen molar-refractivity contribution in [2.45, 2.75) is 32.4 Å². The van der Waals surface area contributed by atoms with Gasteiger partial charge in [-0.2, -0.15) is 0 Å². The van der Waals surface area contributed by atoms with E-state index in [0.717, 1.165) is 11.6 Å².